The molecule has 4 aromatic rings. The first kappa shape index (κ1) is 37.7. The maximum absolute atomic E-state index is 12.6. The number of carbonyl (C=O) groups excluding carboxylic acids is 2. The van der Waals surface area contributed by atoms with Gasteiger partial charge in [-0.05, 0) is 55.5 Å². The van der Waals surface area contributed by atoms with Gasteiger partial charge in [0, 0.05) is 11.8 Å². The van der Waals surface area contributed by atoms with Crippen molar-refractivity contribution in [2.45, 2.75) is 16.7 Å². The Labute approximate surface area is 295 Å². The Hall–Kier alpha value is -2.50. The number of ether oxygens (including phenoxy) is 1. The van der Waals surface area contributed by atoms with Crippen LogP contribution in [0.5, 0.6) is 0 Å². The summed E-state index contributed by atoms with van der Waals surface area (Å²) in [5, 5.41) is 13.2. The fraction of sp³-hybridized carbons (Fsp3) is 0.120. The summed E-state index contributed by atoms with van der Waals surface area (Å²) < 4.78 is 35.8. The number of carbonyl (C=O) groups is 2. The molecule has 0 saturated carbocycles. The van der Waals surface area contributed by atoms with Gasteiger partial charge in [-0.1, -0.05) is 35.3 Å². The van der Waals surface area contributed by atoms with E-state index in [0.717, 1.165) is 25.5 Å². The summed E-state index contributed by atoms with van der Waals surface area (Å²) in [5.74, 6) is -0.612. The van der Waals surface area contributed by atoms with Crippen LogP contribution in [-0.2, 0) is 76.1 Å². The van der Waals surface area contributed by atoms with E-state index in [1.807, 2.05) is 18.2 Å². The van der Waals surface area contributed by atoms with E-state index in [4.69, 9.17) is 23.2 Å². The number of fused-ring (bicyclic) bond motifs is 1. The molecule has 0 bridgehead atoms. The molecule has 44 heavy (non-hydrogen) atoms. The number of rotatable bonds is 8. The molecule has 4 rings (SSSR count). The van der Waals surface area contributed by atoms with Crippen LogP contribution in [0, 0.1) is 3.95 Å². The third kappa shape index (κ3) is 12.1. The third-order valence-electron chi connectivity index (χ3n) is 4.92. The molecule has 3 N–H and O–H groups in total. The molecule has 0 aliphatic heterocycles. The first-order chi connectivity index (χ1) is 20.4. The number of nitrogens with zero attached hydrogens (tertiary/aromatic N) is 3. The molecule has 0 saturated heterocycles. The van der Waals surface area contributed by atoms with Crippen LogP contribution >= 0.6 is 34.5 Å². The second-order valence-electron chi connectivity index (χ2n) is 8.05. The van der Waals surface area contributed by atoms with Gasteiger partial charge in [-0.25, -0.2) is 18.5 Å². The van der Waals surface area contributed by atoms with Gasteiger partial charge in [0.2, 0.25) is 29.1 Å². The van der Waals surface area contributed by atoms with E-state index in [1.165, 1.54) is 36.4 Å². The molecule has 1 aromatic heterocycles. The molecule has 0 aliphatic carbocycles. The van der Waals surface area contributed by atoms with E-state index >= 15 is 0 Å². The summed E-state index contributed by atoms with van der Waals surface area (Å²) in [6.45, 7) is 2.09. The van der Waals surface area contributed by atoms with Gasteiger partial charge >= 0.3 is 33.8 Å². The van der Waals surface area contributed by atoms with Crippen molar-refractivity contribution >= 4 is 131 Å². The van der Waals surface area contributed by atoms with Crippen LogP contribution in [0.15, 0.2) is 81.9 Å². The van der Waals surface area contributed by atoms with Crippen molar-refractivity contribution < 1.29 is 42.2 Å². The van der Waals surface area contributed by atoms with E-state index in [2.05, 4.69) is 72.4 Å². The number of nitrogens with one attached hydrogen (secondary N) is 3. The Bertz CT molecular complexity index is 1800. The van der Waals surface area contributed by atoms with Gasteiger partial charge in [0.05, 0.1) is 46.8 Å². The van der Waals surface area contributed by atoms with Crippen LogP contribution in [0.3, 0.4) is 0 Å². The van der Waals surface area contributed by atoms with Crippen molar-refractivity contribution in [1.82, 2.24) is 10.3 Å². The summed E-state index contributed by atoms with van der Waals surface area (Å²) in [6, 6.07) is 17.5. The second kappa shape index (κ2) is 17.9. The second-order valence-corrected chi connectivity index (χ2v) is 14.1. The molecule has 1 heterocycles. The van der Waals surface area contributed by atoms with Gasteiger partial charge < -0.3 is 14.8 Å². The van der Waals surface area contributed by atoms with Gasteiger partial charge in [0.1, 0.15) is 15.5 Å². The number of thiol groups is 2. The van der Waals surface area contributed by atoms with Gasteiger partial charge in [0.15, 0.2) is 4.84 Å². The zero-order chi connectivity index (χ0) is 31.6. The number of amides is 2. The summed E-state index contributed by atoms with van der Waals surface area (Å²) in [6.07, 6.45) is -0.502. The maximum Gasteiger partial charge on any atom is 2.00 e. The first-order valence-corrected chi connectivity index (χ1v) is 16.6. The monoisotopic (exact) mass is 783 g/mol. The molecule has 11 nitrogen and oxygen atoms in total. The Morgan fingerprint density at radius 1 is 1.07 bits per heavy atom. The van der Waals surface area contributed by atoms with Gasteiger partial charge in [0.25, 0.3) is 5.91 Å². The smallest absolute Gasteiger partial charge is 0.573 e. The fourth-order valence-electron chi connectivity index (χ4n) is 3.10. The van der Waals surface area contributed by atoms with Crippen LogP contribution in [0.2, 0.25) is 0 Å². The van der Waals surface area contributed by atoms with Crippen molar-refractivity contribution in [3.8, 4) is 0 Å². The molecule has 3 aromatic carbocycles. The minimum absolute atomic E-state index is 0. The number of alkyl halides is 2. The number of halogens is 2. The Kier molecular flexibility index (Phi) is 15.3. The first-order valence-electron chi connectivity index (χ1n) is 11.9. The molecular weight excluding hydrogens is 761 g/mol. The number of hydrogen-bond donors (Lipinski definition) is 3. The predicted molar refractivity (Wildman–Crippen MR) is 185 cm³/mol. The molecule has 0 unspecified atom stereocenters. The van der Waals surface area contributed by atoms with E-state index in [1.54, 1.807) is 19.1 Å². The van der Waals surface area contributed by atoms with Crippen molar-refractivity contribution in [3.05, 3.63) is 75.4 Å². The zero-order valence-corrected chi connectivity index (χ0v) is 31.7. The quantitative estimate of drug-likeness (QED) is 0.0543. The van der Waals surface area contributed by atoms with E-state index in [-0.39, 0.29) is 30.1 Å². The van der Waals surface area contributed by atoms with Crippen LogP contribution in [0.1, 0.15) is 6.92 Å². The molecule has 19 heteroatoms. The number of alkyl carbamates (subject to hydrolysis) is 1. The van der Waals surface area contributed by atoms with Crippen LogP contribution in [0.4, 0.5) is 27.5 Å². The fourth-order valence-corrected chi connectivity index (χ4v) is 5.68. The largest absolute Gasteiger partial charge is 2.00 e. The number of sulfonamides is 1. The number of thiazole rings is 1. The van der Waals surface area contributed by atoms with Crippen LogP contribution < -0.4 is 10.6 Å². The normalized spacial score (nSPS) is 10.8. The summed E-state index contributed by atoms with van der Waals surface area (Å²) in [4.78, 5) is 23.8. The number of anilines is 1. The number of azo groups is 1. The summed E-state index contributed by atoms with van der Waals surface area (Å²) in [5.41, 5.74) is 2.83. The van der Waals surface area contributed by atoms with Crippen molar-refractivity contribution in [2.24, 2.45) is 10.2 Å². The zero-order valence-electron chi connectivity index (χ0n) is 22.7. The Morgan fingerprint density at radius 2 is 1.68 bits per heavy atom. The van der Waals surface area contributed by atoms with Crippen molar-refractivity contribution in [3.63, 3.8) is 0 Å². The number of aromatic nitrogens is 1. The van der Waals surface area contributed by atoms with Crippen molar-refractivity contribution in [2.75, 3.05) is 11.9 Å². The molecule has 0 atom stereocenters. The average molecular weight is 786 g/mol. The SMILES string of the molecule is CCOC(=O)NC(=[SH+])[SH2+].O=C(Nc1ccc(S(=O)(=O)[N-]c2ccc(N=Nc3ccc4[nH]c(=[SH+])[sH+]c4c3)cc2)cc1)C(Cl)Cl.[Zn+2]. The van der Waals surface area contributed by atoms with Gasteiger partial charge in [-0.15, -0.1) is 5.69 Å². The Balaban J connectivity index is 0.000000589. The predicted octanol–water partition coefficient (Wildman–Crippen LogP) is 5.43. The maximum atomic E-state index is 12.6. The van der Waals surface area contributed by atoms with Crippen LogP contribution in [-0.4, -0.2) is 41.2 Å². The van der Waals surface area contributed by atoms with E-state index < -0.39 is 26.9 Å². The Morgan fingerprint density at radius 3 is 2.27 bits per heavy atom. The summed E-state index contributed by atoms with van der Waals surface area (Å²) >= 11 is 23.0. The number of H-pyrrole nitrogens is 1. The minimum atomic E-state index is -3.96. The molecule has 0 spiro atoms. The summed E-state index contributed by atoms with van der Waals surface area (Å²) in [7, 11) is -3.96. The minimum Gasteiger partial charge on any atom is -0.573 e. The van der Waals surface area contributed by atoms with E-state index in [9.17, 15) is 18.0 Å². The molecule has 0 fully saturated rings. The van der Waals surface area contributed by atoms with Gasteiger partial charge in [-0.3, -0.25) is 9.78 Å². The van der Waals surface area contributed by atoms with Gasteiger partial charge in [-0.2, -0.15) is 10.2 Å². The van der Waals surface area contributed by atoms with E-state index in [0.29, 0.717) is 28.0 Å². The van der Waals surface area contributed by atoms with Crippen molar-refractivity contribution in [1.29, 1.82) is 0 Å². The average Bonchev–Trinajstić information content (AvgIpc) is 3.32. The molecule has 0 radical (unpaired) electrons. The molecule has 226 valence electrons. The molecule has 2 amide bonds. The number of aromatic amines is 1. The number of benzene rings is 3. The standard InChI is InChI=1S/C21H15Cl2N5O3S3.C4H7NO2S2.Zn/c22-19(23)20(29)24-12-5-8-16(9-6-12)34(30,31)28-14-3-1-13(2-4-14)26-27-15-7-10-17-18(11-15)33-21(32)25-17;1-2-7-3(6)5-4(8)9;/h1-11,19H,(H3,24,25,26,27,28,29,32);2H2,1H3,(H2,5,6,8,9);/q;;+2/p+3. The number of hydrogen-bond acceptors (Lipinski definition) is 7. The third-order valence-corrected chi connectivity index (χ3v) is 8.22. The molecular formula is C25H25Cl2N6O5S5Zn+5. The topological polar surface area (TPSA) is 156 Å². The van der Waals surface area contributed by atoms with Crippen LogP contribution in [0.25, 0.3) is 14.9 Å². The molecule has 0 aliphatic rings.